The molecule has 1 amide bonds. The predicted molar refractivity (Wildman–Crippen MR) is 124 cm³/mol. The van der Waals surface area contributed by atoms with Gasteiger partial charge in [0.15, 0.2) is 0 Å². The second-order valence-electron chi connectivity index (χ2n) is 8.71. The van der Waals surface area contributed by atoms with Crippen LogP contribution in [0.1, 0.15) is 42.6 Å². The van der Waals surface area contributed by atoms with Gasteiger partial charge in [0, 0.05) is 6.54 Å². The fraction of sp³-hybridized carbons (Fsp3) is 0.423. The highest BCUT2D eigenvalue weighted by Crippen LogP contribution is 2.36. The van der Waals surface area contributed by atoms with Gasteiger partial charge in [0.25, 0.3) is 0 Å². The van der Waals surface area contributed by atoms with Crippen molar-refractivity contribution in [2.45, 2.75) is 45.4 Å². The van der Waals surface area contributed by atoms with E-state index in [-0.39, 0.29) is 6.61 Å². The molecule has 8 heteroatoms. The fourth-order valence-electron chi connectivity index (χ4n) is 4.26. The Morgan fingerprint density at radius 2 is 1.68 bits per heavy atom. The third kappa shape index (κ3) is 5.68. The summed E-state index contributed by atoms with van der Waals surface area (Å²) < 4.78 is 21.6. The first-order chi connectivity index (χ1) is 16.3. The van der Waals surface area contributed by atoms with E-state index in [1.807, 2.05) is 30.3 Å². The van der Waals surface area contributed by atoms with Crippen LogP contribution < -0.4 is 4.74 Å². The number of amides is 1. The number of nitrogens with zero attached hydrogens (tertiary/aromatic N) is 1. The molecule has 2 aromatic rings. The first-order valence-corrected chi connectivity index (χ1v) is 11.2. The molecule has 0 aliphatic carbocycles. The second-order valence-corrected chi connectivity index (χ2v) is 8.71. The van der Waals surface area contributed by atoms with Gasteiger partial charge >= 0.3 is 18.0 Å². The van der Waals surface area contributed by atoms with Gasteiger partial charge in [-0.2, -0.15) is 0 Å². The summed E-state index contributed by atoms with van der Waals surface area (Å²) in [5, 5.41) is 0. The van der Waals surface area contributed by atoms with Crippen LogP contribution >= 0.6 is 0 Å². The van der Waals surface area contributed by atoms with Gasteiger partial charge < -0.3 is 23.8 Å². The summed E-state index contributed by atoms with van der Waals surface area (Å²) in [4.78, 5) is 40.2. The fourth-order valence-corrected chi connectivity index (χ4v) is 4.26. The number of esters is 2. The third-order valence-corrected chi connectivity index (χ3v) is 6.05. The van der Waals surface area contributed by atoms with Gasteiger partial charge in [-0.3, -0.25) is 4.79 Å². The Balaban J connectivity index is 1.82. The van der Waals surface area contributed by atoms with Gasteiger partial charge in [-0.1, -0.05) is 30.3 Å². The number of methoxy groups -OCH3 is 2. The molecule has 1 aliphatic heterocycles. The molecule has 1 heterocycles. The highest BCUT2D eigenvalue weighted by atomic mass is 16.6. The number of carbonyl (C=O) groups excluding carboxylic acids is 3. The quantitative estimate of drug-likeness (QED) is 0.443. The second kappa shape index (κ2) is 11.0. The maximum absolute atomic E-state index is 13.1. The minimum absolute atomic E-state index is 0.0951. The van der Waals surface area contributed by atoms with Crippen LogP contribution in [0.15, 0.2) is 54.6 Å². The molecule has 1 fully saturated rings. The molecule has 0 N–H and O–H groups in total. The number of rotatable bonds is 7. The van der Waals surface area contributed by atoms with Crippen LogP contribution in [0.25, 0.3) is 0 Å². The van der Waals surface area contributed by atoms with E-state index in [9.17, 15) is 14.4 Å². The first-order valence-electron chi connectivity index (χ1n) is 11.2. The zero-order chi connectivity index (χ0) is 24.7. The zero-order valence-corrected chi connectivity index (χ0v) is 20.0. The number of carbonyl (C=O) groups is 3. The molecule has 0 unspecified atom stereocenters. The average molecular weight is 470 g/mol. The van der Waals surface area contributed by atoms with Crippen molar-refractivity contribution in [3.63, 3.8) is 0 Å². The first kappa shape index (κ1) is 25.1. The third-order valence-electron chi connectivity index (χ3n) is 6.05. The molecule has 0 saturated carbocycles. The lowest BCUT2D eigenvalue weighted by atomic mass is 9.77. The number of ether oxygens (including phenoxy) is 4. The number of hydrogen-bond donors (Lipinski definition) is 0. The van der Waals surface area contributed by atoms with Crippen molar-refractivity contribution >= 4 is 18.0 Å². The molecule has 34 heavy (non-hydrogen) atoms. The number of benzene rings is 2. The van der Waals surface area contributed by atoms with E-state index in [1.54, 1.807) is 45.2 Å². The molecule has 1 aliphatic rings. The summed E-state index contributed by atoms with van der Waals surface area (Å²) in [6, 6.07) is 15.1. The van der Waals surface area contributed by atoms with Crippen molar-refractivity contribution < 1.29 is 33.3 Å². The Morgan fingerprint density at radius 1 is 1.00 bits per heavy atom. The summed E-state index contributed by atoms with van der Waals surface area (Å²) in [6.07, 6.45) is -0.206. The lowest BCUT2D eigenvalue weighted by Crippen LogP contribution is -2.61. The Morgan fingerprint density at radius 3 is 2.29 bits per heavy atom. The molecule has 3 rings (SSSR count). The summed E-state index contributed by atoms with van der Waals surface area (Å²) in [7, 11) is 2.84. The molecule has 0 bridgehead atoms. The van der Waals surface area contributed by atoms with Gasteiger partial charge in [-0.15, -0.1) is 0 Å². The lowest BCUT2D eigenvalue weighted by Gasteiger charge is -2.46. The van der Waals surface area contributed by atoms with Gasteiger partial charge in [0.05, 0.1) is 31.2 Å². The summed E-state index contributed by atoms with van der Waals surface area (Å²) >= 11 is 0. The smallest absolute Gasteiger partial charge is 0.410 e. The van der Waals surface area contributed by atoms with Crippen molar-refractivity contribution in [3.8, 4) is 5.75 Å². The summed E-state index contributed by atoms with van der Waals surface area (Å²) in [5.41, 5.74) is 0.0459. The van der Waals surface area contributed by atoms with Crippen LogP contribution in [0.3, 0.4) is 0 Å². The van der Waals surface area contributed by atoms with Crippen LogP contribution in [0.5, 0.6) is 5.75 Å². The largest absolute Gasteiger partial charge is 0.497 e. The van der Waals surface area contributed by atoms with Crippen molar-refractivity contribution in [2.75, 3.05) is 20.8 Å². The maximum Gasteiger partial charge on any atom is 0.410 e. The van der Waals surface area contributed by atoms with Gasteiger partial charge in [0.1, 0.15) is 18.5 Å². The molecule has 0 aromatic heterocycles. The Bertz CT molecular complexity index is 988. The Labute approximate surface area is 199 Å². The van der Waals surface area contributed by atoms with E-state index >= 15 is 0 Å². The normalized spacial score (nSPS) is 18.1. The molecule has 1 saturated heterocycles. The SMILES string of the molecule is COC(=O)C(C)(C)[C@H]1[C@H](OC(=O)c2ccc(OC)cc2)CCCN1C(=O)OCc1ccccc1. The van der Waals surface area contributed by atoms with E-state index < -0.39 is 35.6 Å². The van der Waals surface area contributed by atoms with Crippen molar-refractivity contribution in [1.29, 1.82) is 0 Å². The Hall–Kier alpha value is -3.55. The molecule has 0 spiro atoms. The number of likely N-dealkylation sites (tertiary alicyclic amines) is 1. The Kier molecular flexibility index (Phi) is 8.15. The van der Waals surface area contributed by atoms with E-state index in [0.29, 0.717) is 30.7 Å². The molecule has 0 radical (unpaired) electrons. The molecule has 8 nitrogen and oxygen atoms in total. The summed E-state index contributed by atoms with van der Waals surface area (Å²) in [5.74, 6) is -0.435. The highest BCUT2D eigenvalue weighted by Gasteiger charge is 2.51. The topological polar surface area (TPSA) is 91.4 Å². The molecule has 182 valence electrons. The van der Waals surface area contributed by atoms with E-state index in [4.69, 9.17) is 18.9 Å². The van der Waals surface area contributed by atoms with E-state index in [0.717, 1.165) is 5.56 Å². The van der Waals surface area contributed by atoms with Crippen LogP contribution in [0.4, 0.5) is 4.79 Å². The molecular weight excluding hydrogens is 438 g/mol. The van der Waals surface area contributed by atoms with Crippen LogP contribution in [-0.4, -0.2) is 55.8 Å². The average Bonchev–Trinajstić information content (AvgIpc) is 2.87. The molecule has 2 atom stereocenters. The maximum atomic E-state index is 13.1. The lowest BCUT2D eigenvalue weighted by molar-refractivity contribution is -0.159. The summed E-state index contributed by atoms with van der Waals surface area (Å²) in [6.45, 7) is 3.83. The van der Waals surface area contributed by atoms with Crippen LogP contribution in [0, 0.1) is 5.41 Å². The van der Waals surface area contributed by atoms with Crippen molar-refractivity contribution in [1.82, 2.24) is 4.90 Å². The minimum Gasteiger partial charge on any atom is -0.497 e. The minimum atomic E-state index is -1.15. The molecule has 2 aromatic carbocycles. The van der Waals surface area contributed by atoms with Gasteiger partial charge in [-0.25, -0.2) is 9.59 Å². The number of hydrogen-bond acceptors (Lipinski definition) is 7. The van der Waals surface area contributed by atoms with E-state index in [2.05, 4.69) is 0 Å². The standard InChI is InChI=1S/C26H31NO7/c1-26(2,24(29)32-4)22-21(34-23(28)19-12-14-20(31-3)15-13-19)11-8-16-27(22)25(30)33-17-18-9-6-5-7-10-18/h5-7,9-10,12-15,21-22H,8,11,16-17H2,1-4H3/t21-,22-/m1/s1. The van der Waals surface area contributed by atoms with Gasteiger partial charge in [-0.05, 0) is 56.5 Å². The molecular formula is C26H31NO7. The van der Waals surface area contributed by atoms with Crippen LogP contribution in [-0.2, 0) is 25.6 Å². The van der Waals surface area contributed by atoms with Crippen molar-refractivity contribution in [2.24, 2.45) is 5.41 Å². The zero-order valence-electron chi connectivity index (χ0n) is 20.0. The monoisotopic (exact) mass is 469 g/mol. The van der Waals surface area contributed by atoms with Crippen molar-refractivity contribution in [3.05, 3.63) is 65.7 Å². The number of piperidine rings is 1. The highest BCUT2D eigenvalue weighted by molar-refractivity contribution is 5.89. The van der Waals surface area contributed by atoms with Crippen LogP contribution in [0.2, 0.25) is 0 Å². The predicted octanol–water partition coefficient (Wildman–Crippen LogP) is 4.22. The van der Waals surface area contributed by atoms with Gasteiger partial charge in [0.2, 0.25) is 0 Å². The van der Waals surface area contributed by atoms with E-state index in [1.165, 1.54) is 12.0 Å².